The molecule has 0 aromatic heterocycles. The van der Waals surface area contributed by atoms with Crippen LogP contribution < -0.4 is 20.1 Å². The van der Waals surface area contributed by atoms with Gasteiger partial charge in [-0.25, -0.2) is 0 Å². The molecule has 1 saturated heterocycles. The highest BCUT2D eigenvalue weighted by atomic mass is 16.5. The van der Waals surface area contributed by atoms with Gasteiger partial charge in [-0.2, -0.15) is 0 Å². The van der Waals surface area contributed by atoms with Crippen molar-refractivity contribution in [3.63, 3.8) is 0 Å². The Hall–Kier alpha value is -3.31. The Morgan fingerprint density at radius 1 is 0.964 bits per heavy atom. The number of hydrogen-bond donors (Lipinski definition) is 1. The number of methoxy groups -OCH3 is 1. The minimum atomic E-state index is -0.604. The minimum absolute atomic E-state index is 0.0963. The van der Waals surface area contributed by atoms with Gasteiger partial charge in [0.05, 0.1) is 13.2 Å². The van der Waals surface area contributed by atoms with E-state index in [-0.39, 0.29) is 11.9 Å². The topological polar surface area (TPSA) is 64.8 Å². The van der Waals surface area contributed by atoms with Gasteiger partial charge in [-0.1, -0.05) is 48.5 Å². The third-order valence-corrected chi connectivity index (χ3v) is 4.95. The van der Waals surface area contributed by atoms with Gasteiger partial charge >= 0.3 is 0 Å². The van der Waals surface area contributed by atoms with Crippen LogP contribution >= 0.6 is 0 Å². The van der Waals surface area contributed by atoms with Crippen molar-refractivity contribution >= 4 is 11.6 Å². The van der Waals surface area contributed by atoms with Crippen molar-refractivity contribution in [1.29, 1.82) is 0 Å². The molecule has 1 amide bonds. The smallest absolute Gasteiger partial charge is 0.247 e. The monoisotopic (exact) mass is 374 g/mol. The molecule has 1 fully saturated rings. The maximum atomic E-state index is 12.5. The third kappa shape index (κ3) is 3.32. The van der Waals surface area contributed by atoms with E-state index < -0.39 is 6.04 Å². The van der Waals surface area contributed by atoms with Gasteiger partial charge in [0.2, 0.25) is 5.91 Å². The summed E-state index contributed by atoms with van der Waals surface area (Å²) in [6.07, 6.45) is 0. The Labute approximate surface area is 164 Å². The van der Waals surface area contributed by atoms with E-state index >= 15 is 0 Å². The number of benzene rings is 3. The first kappa shape index (κ1) is 18.1. The molecule has 5 nitrogen and oxygen atoms in total. The van der Waals surface area contributed by atoms with E-state index in [0.29, 0.717) is 18.1 Å². The zero-order chi connectivity index (χ0) is 19.5. The van der Waals surface area contributed by atoms with Crippen molar-refractivity contribution in [1.82, 2.24) is 0 Å². The summed E-state index contributed by atoms with van der Waals surface area (Å²) in [5.41, 5.74) is 8.95. The number of nitrogens with two attached hydrogens (primary N) is 1. The average Bonchev–Trinajstić information content (AvgIpc) is 2.76. The molecule has 0 bridgehead atoms. The molecular formula is C23H22N2O3. The molecule has 1 aliphatic rings. The Kier molecular flexibility index (Phi) is 5.00. The number of ether oxygens (including phenoxy) is 2. The van der Waals surface area contributed by atoms with Gasteiger partial charge in [0.15, 0.2) is 0 Å². The lowest BCUT2D eigenvalue weighted by molar-refractivity contribution is -0.126. The molecule has 0 unspecified atom stereocenters. The number of amides is 1. The van der Waals surface area contributed by atoms with Gasteiger partial charge in [-0.3, -0.25) is 4.79 Å². The molecule has 142 valence electrons. The van der Waals surface area contributed by atoms with E-state index in [1.54, 1.807) is 12.0 Å². The number of anilines is 1. The number of β-lactam (4-membered cyclic amide) rings is 1. The number of nitrogens with zero attached hydrogens (tertiary/aromatic N) is 1. The van der Waals surface area contributed by atoms with Crippen molar-refractivity contribution in [2.75, 3.05) is 12.0 Å². The average molecular weight is 374 g/mol. The number of hydrogen-bond acceptors (Lipinski definition) is 4. The van der Waals surface area contributed by atoms with Crippen molar-refractivity contribution in [3.8, 4) is 11.5 Å². The van der Waals surface area contributed by atoms with Crippen LogP contribution in [0, 0.1) is 0 Å². The summed E-state index contributed by atoms with van der Waals surface area (Å²) in [4.78, 5) is 14.2. The molecule has 3 aromatic carbocycles. The number of carbonyl (C=O) groups excluding carboxylic acids is 1. The van der Waals surface area contributed by atoms with Crippen LogP contribution in [-0.4, -0.2) is 19.1 Å². The zero-order valence-corrected chi connectivity index (χ0v) is 15.6. The van der Waals surface area contributed by atoms with Crippen LogP contribution in [-0.2, 0) is 11.4 Å². The molecule has 1 aliphatic heterocycles. The van der Waals surface area contributed by atoms with Crippen LogP contribution in [0.15, 0.2) is 78.9 Å². The van der Waals surface area contributed by atoms with Gasteiger partial charge in [-0.05, 0) is 29.8 Å². The second-order valence-corrected chi connectivity index (χ2v) is 6.69. The summed E-state index contributed by atoms with van der Waals surface area (Å²) in [5.74, 6) is 1.26. The molecule has 5 heteroatoms. The lowest BCUT2D eigenvalue weighted by Gasteiger charge is -2.46. The standard InChI is InChI=1S/C23H22N2O3/c1-27-18-12-13-19(20(14-18)28-15-16-8-4-2-5-9-16)22-21(24)23(26)25(22)17-10-6-3-7-11-17/h2-14,21-22H,15,24H2,1H3/t21-,22-/m1/s1. The van der Waals surface area contributed by atoms with Gasteiger partial charge in [0, 0.05) is 17.3 Å². The summed E-state index contributed by atoms with van der Waals surface area (Å²) in [5, 5.41) is 0. The zero-order valence-electron chi connectivity index (χ0n) is 15.6. The molecule has 28 heavy (non-hydrogen) atoms. The summed E-state index contributed by atoms with van der Waals surface area (Å²) in [6, 6.07) is 24.2. The quantitative estimate of drug-likeness (QED) is 0.669. The molecule has 1 heterocycles. The van der Waals surface area contributed by atoms with Gasteiger partial charge in [-0.15, -0.1) is 0 Å². The van der Waals surface area contributed by atoms with E-state index in [0.717, 1.165) is 16.8 Å². The third-order valence-electron chi connectivity index (χ3n) is 4.95. The summed E-state index contributed by atoms with van der Waals surface area (Å²) >= 11 is 0. The highest BCUT2D eigenvalue weighted by Crippen LogP contribution is 2.42. The van der Waals surface area contributed by atoms with Crippen LogP contribution in [0.25, 0.3) is 0 Å². The lowest BCUT2D eigenvalue weighted by Crippen LogP contribution is -2.63. The maximum Gasteiger partial charge on any atom is 0.247 e. The van der Waals surface area contributed by atoms with Crippen molar-refractivity contribution in [2.45, 2.75) is 18.7 Å². The number of para-hydroxylation sites is 1. The van der Waals surface area contributed by atoms with Crippen LogP contribution in [0.5, 0.6) is 11.5 Å². The fraction of sp³-hybridized carbons (Fsp3) is 0.174. The van der Waals surface area contributed by atoms with Gasteiger partial charge < -0.3 is 20.1 Å². The first-order valence-electron chi connectivity index (χ1n) is 9.17. The van der Waals surface area contributed by atoms with E-state index in [9.17, 15) is 4.79 Å². The summed E-state index contributed by atoms with van der Waals surface area (Å²) < 4.78 is 11.5. The summed E-state index contributed by atoms with van der Waals surface area (Å²) in [6.45, 7) is 0.419. The highest BCUT2D eigenvalue weighted by Gasteiger charge is 2.47. The van der Waals surface area contributed by atoms with Crippen molar-refractivity contribution < 1.29 is 14.3 Å². The second-order valence-electron chi connectivity index (χ2n) is 6.69. The Bertz CT molecular complexity index is 960. The predicted octanol–water partition coefficient (Wildman–Crippen LogP) is 3.69. The summed E-state index contributed by atoms with van der Waals surface area (Å²) in [7, 11) is 1.62. The largest absolute Gasteiger partial charge is 0.497 e. The Balaban J connectivity index is 1.67. The van der Waals surface area contributed by atoms with Crippen LogP contribution in [0.4, 0.5) is 5.69 Å². The second kappa shape index (κ2) is 7.74. The first-order valence-corrected chi connectivity index (χ1v) is 9.17. The molecule has 0 spiro atoms. The number of carbonyl (C=O) groups is 1. The molecule has 3 aromatic rings. The van der Waals surface area contributed by atoms with Gasteiger partial charge in [0.1, 0.15) is 24.1 Å². The fourth-order valence-corrected chi connectivity index (χ4v) is 3.47. The SMILES string of the molecule is COc1ccc([C@@H]2[C@@H](N)C(=O)N2c2ccccc2)c(OCc2ccccc2)c1. The molecular weight excluding hydrogens is 352 g/mol. The normalized spacial score (nSPS) is 18.5. The van der Waals surface area contributed by atoms with Crippen LogP contribution in [0.2, 0.25) is 0 Å². The van der Waals surface area contributed by atoms with Gasteiger partial charge in [0.25, 0.3) is 0 Å². The van der Waals surface area contributed by atoms with Crippen molar-refractivity contribution in [3.05, 3.63) is 90.0 Å². The Morgan fingerprint density at radius 2 is 1.64 bits per heavy atom. The van der Waals surface area contributed by atoms with Crippen LogP contribution in [0.1, 0.15) is 17.2 Å². The van der Waals surface area contributed by atoms with E-state index in [1.165, 1.54) is 0 Å². The minimum Gasteiger partial charge on any atom is -0.497 e. The first-order chi connectivity index (χ1) is 13.7. The molecule has 0 radical (unpaired) electrons. The lowest BCUT2D eigenvalue weighted by atomic mass is 9.87. The van der Waals surface area contributed by atoms with E-state index in [4.69, 9.17) is 15.2 Å². The predicted molar refractivity (Wildman–Crippen MR) is 108 cm³/mol. The highest BCUT2D eigenvalue weighted by molar-refractivity contribution is 6.05. The molecule has 4 rings (SSSR count). The van der Waals surface area contributed by atoms with E-state index in [1.807, 2.05) is 78.9 Å². The van der Waals surface area contributed by atoms with Crippen LogP contribution in [0.3, 0.4) is 0 Å². The van der Waals surface area contributed by atoms with Crippen molar-refractivity contribution in [2.24, 2.45) is 5.73 Å². The fourth-order valence-electron chi connectivity index (χ4n) is 3.47. The molecule has 2 N–H and O–H groups in total. The molecule has 0 saturated carbocycles. The number of rotatable bonds is 6. The maximum absolute atomic E-state index is 12.5. The molecule has 2 atom stereocenters. The Morgan fingerprint density at radius 3 is 2.32 bits per heavy atom. The van der Waals surface area contributed by atoms with E-state index in [2.05, 4.69) is 0 Å². The molecule has 0 aliphatic carbocycles.